The van der Waals surface area contributed by atoms with Crippen LogP contribution in [0.3, 0.4) is 0 Å². The molecule has 0 bridgehead atoms. The fourth-order valence-electron chi connectivity index (χ4n) is 3.82. The Morgan fingerprint density at radius 3 is 2.62 bits per heavy atom. The number of nitrogens with zero attached hydrogens (tertiary/aromatic N) is 1. The minimum atomic E-state index is -0.305. The normalized spacial score (nSPS) is 31.3. The summed E-state index contributed by atoms with van der Waals surface area (Å²) in [4.78, 5) is 26.2. The molecule has 1 aliphatic carbocycles. The predicted molar refractivity (Wildman–Crippen MR) is 78.7 cm³/mol. The van der Waals surface area contributed by atoms with Crippen molar-refractivity contribution in [1.82, 2.24) is 10.2 Å². The van der Waals surface area contributed by atoms with Crippen molar-refractivity contribution in [3.05, 3.63) is 0 Å². The van der Waals surface area contributed by atoms with Gasteiger partial charge in [-0.25, -0.2) is 0 Å². The summed E-state index contributed by atoms with van der Waals surface area (Å²) in [5.41, 5.74) is 0. The van der Waals surface area contributed by atoms with Gasteiger partial charge in [0.1, 0.15) is 0 Å². The number of nitrogens with one attached hydrogen (secondary N) is 1. The maximum absolute atomic E-state index is 12.5. The molecule has 2 aliphatic heterocycles. The van der Waals surface area contributed by atoms with E-state index in [0.717, 1.165) is 58.1 Å². The van der Waals surface area contributed by atoms with Crippen molar-refractivity contribution >= 4 is 11.8 Å². The minimum absolute atomic E-state index is 0.000703. The van der Waals surface area contributed by atoms with Crippen molar-refractivity contribution in [2.24, 2.45) is 0 Å². The molecule has 2 atom stereocenters. The summed E-state index contributed by atoms with van der Waals surface area (Å²) in [6.07, 6.45) is 9.34. The molecule has 2 unspecified atom stereocenters. The summed E-state index contributed by atoms with van der Waals surface area (Å²) >= 11 is 0. The van der Waals surface area contributed by atoms with Crippen LogP contribution in [0, 0.1) is 0 Å². The third-order valence-corrected chi connectivity index (χ3v) is 5.00. The first-order valence-electron chi connectivity index (χ1n) is 8.46. The lowest BCUT2D eigenvalue weighted by Crippen LogP contribution is -2.45. The van der Waals surface area contributed by atoms with Gasteiger partial charge in [-0.2, -0.15) is 0 Å². The Morgan fingerprint density at radius 1 is 1.10 bits per heavy atom. The lowest BCUT2D eigenvalue weighted by atomic mass is 9.94. The predicted octanol–water partition coefficient (Wildman–Crippen LogP) is 1.61. The molecule has 1 N–H and O–H groups in total. The van der Waals surface area contributed by atoms with Crippen LogP contribution in [-0.4, -0.2) is 48.1 Å². The third-order valence-electron chi connectivity index (χ3n) is 5.00. The zero-order chi connectivity index (χ0) is 14.7. The van der Waals surface area contributed by atoms with Gasteiger partial charge in [-0.05, 0) is 38.6 Å². The first-order chi connectivity index (χ1) is 10.3. The average molecular weight is 294 g/mol. The lowest BCUT2D eigenvalue weighted by molar-refractivity contribution is -0.142. The van der Waals surface area contributed by atoms with Crippen molar-refractivity contribution in [3.63, 3.8) is 0 Å². The molecule has 1 saturated carbocycles. The van der Waals surface area contributed by atoms with Crippen molar-refractivity contribution in [1.29, 1.82) is 0 Å². The van der Waals surface area contributed by atoms with Crippen LogP contribution in [0.15, 0.2) is 0 Å². The first-order valence-corrected chi connectivity index (χ1v) is 8.46. The Kier molecular flexibility index (Phi) is 4.91. The van der Waals surface area contributed by atoms with E-state index in [1.807, 2.05) is 0 Å². The Balaban J connectivity index is 1.48. The number of carbonyl (C=O) groups is 2. The molecule has 3 aliphatic rings. The van der Waals surface area contributed by atoms with E-state index in [0.29, 0.717) is 12.5 Å². The van der Waals surface area contributed by atoms with Crippen LogP contribution in [0.1, 0.15) is 57.8 Å². The zero-order valence-electron chi connectivity index (χ0n) is 12.7. The van der Waals surface area contributed by atoms with E-state index in [2.05, 4.69) is 5.32 Å². The van der Waals surface area contributed by atoms with Crippen LogP contribution >= 0.6 is 0 Å². The van der Waals surface area contributed by atoms with E-state index in [1.165, 1.54) is 6.42 Å². The number of amides is 2. The van der Waals surface area contributed by atoms with Crippen LogP contribution < -0.4 is 5.32 Å². The third kappa shape index (κ3) is 3.46. The van der Waals surface area contributed by atoms with E-state index >= 15 is 0 Å². The summed E-state index contributed by atoms with van der Waals surface area (Å²) in [7, 11) is 0. The molecule has 3 rings (SSSR count). The molecule has 0 aromatic heterocycles. The second kappa shape index (κ2) is 6.88. The Labute approximate surface area is 126 Å². The van der Waals surface area contributed by atoms with Crippen molar-refractivity contribution in [3.8, 4) is 0 Å². The highest BCUT2D eigenvalue weighted by atomic mass is 16.5. The van der Waals surface area contributed by atoms with Gasteiger partial charge in [0, 0.05) is 12.6 Å². The molecule has 0 radical (unpaired) electrons. The molecular weight excluding hydrogens is 268 g/mol. The highest BCUT2D eigenvalue weighted by molar-refractivity contribution is 6.05. The van der Waals surface area contributed by atoms with Gasteiger partial charge in [-0.1, -0.05) is 19.3 Å². The number of hydrogen-bond acceptors (Lipinski definition) is 4. The Hall–Kier alpha value is -0.940. The summed E-state index contributed by atoms with van der Waals surface area (Å²) in [5.74, 6) is 0.0146. The van der Waals surface area contributed by atoms with Gasteiger partial charge >= 0.3 is 0 Å². The molecule has 5 nitrogen and oxygen atoms in total. The Morgan fingerprint density at radius 2 is 1.90 bits per heavy atom. The summed E-state index contributed by atoms with van der Waals surface area (Å²) < 4.78 is 5.58. The molecule has 21 heavy (non-hydrogen) atoms. The summed E-state index contributed by atoms with van der Waals surface area (Å²) in [6, 6.07) is -0.149. The molecule has 5 heteroatoms. The quantitative estimate of drug-likeness (QED) is 0.783. The molecule has 0 aromatic rings. The topological polar surface area (TPSA) is 58.6 Å². The van der Waals surface area contributed by atoms with Gasteiger partial charge in [0.05, 0.1) is 18.6 Å². The van der Waals surface area contributed by atoms with Crippen molar-refractivity contribution < 1.29 is 14.3 Å². The SMILES string of the molecule is O=C1CC(NCCC2CCCO2)C(=O)N1C1CCCCC1. The fourth-order valence-corrected chi connectivity index (χ4v) is 3.82. The molecular formula is C16H26N2O3. The molecule has 2 saturated heterocycles. The number of ether oxygens (including phenoxy) is 1. The maximum atomic E-state index is 12.5. The van der Waals surface area contributed by atoms with E-state index in [1.54, 1.807) is 4.90 Å². The molecule has 3 fully saturated rings. The van der Waals surface area contributed by atoms with Crippen LogP contribution in [0.5, 0.6) is 0 Å². The second-order valence-electron chi connectivity index (χ2n) is 6.53. The molecule has 2 amide bonds. The van der Waals surface area contributed by atoms with Gasteiger partial charge in [-0.15, -0.1) is 0 Å². The standard InChI is InChI=1S/C16H26N2O3/c19-15-11-14(17-9-8-13-7-4-10-21-13)16(20)18(15)12-5-2-1-3-6-12/h12-14,17H,1-11H2. The summed E-state index contributed by atoms with van der Waals surface area (Å²) in [5, 5.41) is 3.27. The minimum Gasteiger partial charge on any atom is -0.378 e. The van der Waals surface area contributed by atoms with Crippen molar-refractivity contribution in [2.45, 2.75) is 76.0 Å². The number of hydrogen-bond donors (Lipinski definition) is 1. The van der Waals surface area contributed by atoms with Gasteiger partial charge in [0.15, 0.2) is 0 Å². The van der Waals surface area contributed by atoms with Crippen molar-refractivity contribution in [2.75, 3.05) is 13.2 Å². The van der Waals surface area contributed by atoms with Crippen LogP contribution in [-0.2, 0) is 14.3 Å². The molecule has 2 heterocycles. The monoisotopic (exact) mass is 294 g/mol. The Bertz CT molecular complexity index is 387. The highest BCUT2D eigenvalue weighted by Gasteiger charge is 2.42. The molecule has 0 spiro atoms. The van der Waals surface area contributed by atoms with Gasteiger partial charge < -0.3 is 10.1 Å². The maximum Gasteiger partial charge on any atom is 0.247 e. The number of likely N-dealkylation sites (tertiary alicyclic amines) is 1. The second-order valence-corrected chi connectivity index (χ2v) is 6.53. The van der Waals surface area contributed by atoms with E-state index in [-0.39, 0.29) is 23.9 Å². The van der Waals surface area contributed by atoms with Gasteiger partial charge in [-0.3, -0.25) is 14.5 Å². The zero-order valence-corrected chi connectivity index (χ0v) is 12.7. The van der Waals surface area contributed by atoms with E-state index in [4.69, 9.17) is 4.74 Å². The summed E-state index contributed by atoms with van der Waals surface area (Å²) in [6.45, 7) is 1.62. The van der Waals surface area contributed by atoms with Gasteiger partial charge in [0.2, 0.25) is 11.8 Å². The smallest absolute Gasteiger partial charge is 0.247 e. The first kappa shape index (κ1) is 15.0. The lowest BCUT2D eigenvalue weighted by Gasteiger charge is -2.29. The number of imide groups is 1. The van der Waals surface area contributed by atoms with Crippen LogP contribution in [0.4, 0.5) is 0 Å². The largest absolute Gasteiger partial charge is 0.378 e. The number of carbonyl (C=O) groups excluding carboxylic acids is 2. The highest BCUT2D eigenvalue weighted by Crippen LogP contribution is 2.27. The van der Waals surface area contributed by atoms with E-state index < -0.39 is 0 Å². The number of rotatable bonds is 5. The fraction of sp³-hybridized carbons (Fsp3) is 0.875. The van der Waals surface area contributed by atoms with E-state index in [9.17, 15) is 9.59 Å². The average Bonchev–Trinajstić information content (AvgIpc) is 3.09. The van der Waals surface area contributed by atoms with Crippen LogP contribution in [0.25, 0.3) is 0 Å². The molecule has 0 aromatic carbocycles. The van der Waals surface area contributed by atoms with Crippen LogP contribution in [0.2, 0.25) is 0 Å². The molecule has 118 valence electrons. The van der Waals surface area contributed by atoms with Gasteiger partial charge in [0.25, 0.3) is 0 Å².